The Labute approximate surface area is 215 Å². The van der Waals surface area contributed by atoms with Crippen molar-refractivity contribution >= 4 is 17.2 Å². The molecule has 4 saturated carbocycles. The van der Waals surface area contributed by atoms with E-state index in [-0.39, 0.29) is 17.3 Å². The molecule has 0 spiro atoms. The van der Waals surface area contributed by atoms with E-state index in [2.05, 4.69) is 15.3 Å². The maximum Gasteiger partial charge on any atom is 0.226 e. The molecule has 36 heavy (non-hydrogen) atoms. The molecule has 1 amide bonds. The quantitative estimate of drug-likeness (QED) is 0.445. The van der Waals surface area contributed by atoms with Crippen molar-refractivity contribution in [1.82, 2.24) is 9.88 Å². The van der Waals surface area contributed by atoms with E-state index in [1.54, 1.807) is 23.5 Å². The van der Waals surface area contributed by atoms with Gasteiger partial charge in [-0.25, -0.2) is 4.39 Å². The third-order valence-corrected chi connectivity index (χ3v) is 9.13. The molecule has 4 aliphatic carbocycles. The van der Waals surface area contributed by atoms with Crippen LogP contribution in [0, 0.1) is 23.6 Å². The molecule has 1 heterocycles. The van der Waals surface area contributed by atoms with Crippen molar-refractivity contribution in [3.63, 3.8) is 0 Å². The van der Waals surface area contributed by atoms with E-state index < -0.39 is 0 Å². The normalized spacial score (nSPS) is 26.8. The second-order valence-corrected chi connectivity index (χ2v) is 11.8. The molecule has 0 aliphatic heterocycles. The van der Waals surface area contributed by atoms with Crippen molar-refractivity contribution in [3.8, 4) is 11.5 Å². The summed E-state index contributed by atoms with van der Waals surface area (Å²) in [6.45, 7) is 0.452. The Balaban J connectivity index is 1.05. The largest absolute Gasteiger partial charge is 0.457 e. The minimum atomic E-state index is -0.294. The lowest BCUT2D eigenvalue weighted by atomic mass is 9.53. The van der Waals surface area contributed by atoms with Crippen molar-refractivity contribution in [2.24, 2.45) is 29.8 Å². The van der Waals surface area contributed by atoms with Crippen LogP contribution in [-0.2, 0) is 24.8 Å². The van der Waals surface area contributed by atoms with Gasteiger partial charge in [0.25, 0.3) is 0 Å². The Hall–Kier alpha value is -2.93. The van der Waals surface area contributed by atoms with Crippen molar-refractivity contribution in [3.05, 3.63) is 75.8 Å². The lowest BCUT2D eigenvalue weighted by Crippen LogP contribution is -2.50. The van der Waals surface area contributed by atoms with E-state index in [9.17, 15) is 9.18 Å². The van der Waals surface area contributed by atoms with E-state index in [1.807, 2.05) is 31.3 Å². The summed E-state index contributed by atoms with van der Waals surface area (Å²) in [6.07, 6.45) is 8.35. The van der Waals surface area contributed by atoms with Crippen LogP contribution in [-0.4, -0.2) is 16.0 Å². The number of carbonyl (C=O) groups excluding carboxylic acids is 1. The molecule has 0 atom stereocenters. The third kappa shape index (κ3) is 4.99. The molecule has 7 heteroatoms. The van der Waals surface area contributed by atoms with Crippen molar-refractivity contribution in [1.29, 1.82) is 0 Å². The van der Waals surface area contributed by atoms with E-state index in [4.69, 9.17) is 9.73 Å². The van der Waals surface area contributed by atoms with Crippen LogP contribution in [0.25, 0.3) is 0 Å². The summed E-state index contributed by atoms with van der Waals surface area (Å²) >= 11 is 1.67. The summed E-state index contributed by atoms with van der Waals surface area (Å²) in [7, 11) is 2.04. The molecule has 1 aromatic heterocycles. The molecular weight excluding hydrogens is 473 g/mol. The predicted octanol–water partition coefficient (Wildman–Crippen LogP) is 5.75. The molecule has 0 radical (unpaired) electrons. The minimum Gasteiger partial charge on any atom is -0.457 e. The van der Waals surface area contributed by atoms with Gasteiger partial charge in [-0.1, -0.05) is 12.1 Å². The van der Waals surface area contributed by atoms with Crippen LogP contribution in [0.15, 0.2) is 58.9 Å². The molecule has 0 saturated heterocycles. The first kappa shape index (κ1) is 23.5. The Kier molecular flexibility index (Phi) is 6.20. The fraction of sp³-hybridized carbons (Fsp3) is 0.448. The average molecular weight is 506 g/mol. The smallest absolute Gasteiger partial charge is 0.226 e. The maximum atomic E-state index is 13.0. The molecule has 7 rings (SSSR count). The highest BCUT2D eigenvalue weighted by Gasteiger charge is 2.51. The summed E-state index contributed by atoms with van der Waals surface area (Å²) in [5.41, 5.74) is 2.13. The summed E-state index contributed by atoms with van der Waals surface area (Å²) < 4.78 is 20.9. The molecular formula is C29H32FN3O2S. The molecule has 3 aromatic rings. The first-order chi connectivity index (χ1) is 17.4. The molecule has 1 N–H and O–H groups in total. The van der Waals surface area contributed by atoms with Gasteiger partial charge in [-0.3, -0.25) is 9.79 Å². The molecule has 5 nitrogen and oxygen atoms in total. The van der Waals surface area contributed by atoms with Gasteiger partial charge in [-0.2, -0.15) is 0 Å². The monoisotopic (exact) mass is 505 g/mol. The minimum absolute atomic E-state index is 0.00334. The summed E-state index contributed by atoms with van der Waals surface area (Å²) in [5, 5.41) is 5.11. The lowest BCUT2D eigenvalue weighted by Gasteiger charge is -2.54. The standard InChI is InChI=1S/C29H32FN3O2S/c1-33-24(18-36-28(33)32-29-14-20-10-21(15-29)12-22(11-20)16-29)13-27(34)31-17-19-2-6-25(7-3-19)35-26-8-4-23(30)5-9-26/h2-9,18,20-22H,10-17H2,1H3,(H,31,34). The fourth-order valence-corrected chi connectivity index (χ4v) is 7.81. The van der Waals surface area contributed by atoms with Crippen LogP contribution in [0.3, 0.4) is 0 Å². The van der Waals surface area contributed by atoms with Crippen LogP contribution in [0.1, 0.15) is 49.8 Å². The van der Waals surface area contributed by atoms with Gasteiger partial charge in [0, 0.05) is 24.7 Å². The number of halogens is 1. The number of nitrogens with one attached hydrogen (secondary N) is 1. The van der Waals surface area contributed by atoms with Crippen LogP contribution in [0.5, 0.6) is 11.5 Å². The third-order valence-electron chi connectivity index (χ3n) is 8.16. The Morgan fingerprint density at radius 3 is 2.22 bits per heavy atom. The number of ether oxygens (including phenoxy) is 1. The highest BCUT2D eigenvalue weighted by atomic mass is 32.1. The number of hydrogen-bond acceptors (Lipinski definition) is 4. The van der Waals surface area contributed by atoms with E-state index in [1.165, 1.54) is 50.7 Å². The van der Waals surface area contributed by atoms with Gasteiger partial charge in [-0.15, -0.1) is 11.3 Å². The maximum absolute atomic E-state index is 13.0. The predicted molar refractivity (Wildman–Crippen MR) is 138 cm³/mol. The number of hydrogen-bond donors (Lipinski definition) is 1. The SMILES string of the molecule is Cn1c(CC(=O)NCc2ccc(Oc3ccc(F)cc3)cc2)csc1=NC12CC3CC(CC(C3)C1)C2. The molecule has 2 aromatic carbocycles. The Bertz CT molecular complexity index is 1270. The molecule has 188 valence electrons. The number of amides is 1. The van der Waals surface area contributed by atoms with Crippen LogP contribution in [0.2, 0.25) is 0 Å². The van der Waals surface area contributed by atoms with Gasteiger partial charge in [0.05, 0.1) is 12.0 Å². The average Bonchev–Trinajstić information content (AvgIpc) is 3.17. The molecule has 4 aliphatic rings. The molecule has 0 unspecified atom stereocenters. The number of rotatable bonds is 7. The number of thiazole rings is 1. The highest BCUT2D eigenvalue weighted by molar-refractivity contribution is 7.07. The summed E-state index contributed by atoms with van der Waals surface area (Å²) in [6, 6.07) is 13.5. The van der Waals surface area contributed by atoms with Crippen molar-refractivity contribution in [2.45, 2.75) is 57.0 Å². The van der Waals surface area contributed by atoms with E-state index >= 15 is 0 Å². The highest BCUT2D eigenvalue weighted by Crippen LogP contribution is 2.57. The van der Waals surface area contributed by atoms with Gasteiger partial charge in [0.1, 0.15) is 17.3 Å². The Morgan fingerprint density at radius 1 is 1.03 bits per heavy atom. The number of nitrogens with zero attached hydrogens (tertiary/aromatic N) is 2. The van der Waals surface area contributed by atoms with Gasteiger partial charge in [0.15, 0.2) is 4.80 Å². The number of carbonyl (C=O) groups is 1. The van der Waals surface area contributed by atoms with E-state index in [0.29, 0.717) is 24.5 Å². The summed E-state index contributed by atoms with van der Waals surface area (Å²) in [4.78, 5) is 19.1. The zero-order valence-corrected chi connectivity index (χ0v) is 21.4. The van der Waals surface area contributed by atoms with Crippen molar-refractivity contribution in [2.75, 3.05) is 0 Å². The second-order valence-electron chi connectivity index (χ2n) is 11.0. The van der Waals surface area contributed by atoms with Crippen LogP contribution >= 0.6 is 11.3 Å². The fourth-order valence-electron chi connectivity index (χ4n) is 6.81. The van der Waals surface area contributed by atoms with Gasteiger partial charge in [-0.05, 0) is 98.2 Å². The summed E-state index contributed by atoms with van der Waals surface area (Å²) in [5.74, 6) is 3.57. The number of aromatic nitrogens is 1. The molecule has 4 bridgehead atoms. The topological polar surface area (TPSA) is 55.6 Å². The van der Waals surface area contributed by atoms with Gasteiger partial charge >= 0.3 is 0 Å². The first-order valence-electron chi connectivity index (χ1n) is 12.9. The van der Waals surface area contributed by atoms with Crippen LogP contribution in [0.4, 0.5) is 4.39 Å². The van der Waals surface area contributed by atoms with Crippen LogP contribution < -0.4 is 14.9 Å². The zero-order valence-electron chi connectivity index (χ0n) is 20.6. The lowest BCUT2D eigenvalue weighted by molar-refractivity contribution is -0.120. The van der Waals surface area contributed by atoms with Gasteiger partial charge < -0.3 is 14.6 Å². The zero-order chi connectivity index (χ0) is 24.7. The van der Waals surface area contributed by atoms with E-state index in [0.717, 1.165) is 33.8 Å². The first-order valence-corrected chi connectivity index (χ1v) is 13.8. The molecule has 4 fully saturated rings. The van der Waals surface area contributed by atoms with Crippen molar-refractivity contribution < 1.29 is 13.9 Å². The Morgan fingerprint density at radius 2 is 1.61 bits per heavy atom. The second kappa shape index (κ2) is 9.51. The number of benzene rings is 2. The van der Waals surface area contributed by atoms with Gasteiger partial charge in [0.2, 0.25) is 5.91 Å².